The zero-order valence-electron chi connectivity index (χ0n) is 26.9. The number of benzene rings is 2. The molecule has 2 aromatic rings. The van der Waals surface area contributed by atoms with E-state index in [1.165, 1.54) is 6.92 Å². The summed E-state index contributed by atoms with van der Waals surface area (Å²) >= 11 is 0. The smallest absolute Gasteiger partial charge is 0.407 e. The molecule has 1 aliphatic carbocycles. The highest BCUT2D eigenvalue weighted by Crippen LogP contribution is 2.44. The van der Waals surface area contributed by atoms with Gasteiger partial charge in [0.15, 0.2) is 30.6 Å². The van der Waals surface area contributed by atoms with Crippen LogP contribution in [0.3, 0.4) is 0 Å². The summed E-state index contributed by atoms with van der Waals surface area (Å²) in [4.78, 5) is 73.0. The number of carbonyl (C=O) groups is 6. The van der Waals surface area contributed by atoms with Crippen LogP contribution in [0.25, 0.3) is 11.1 Å². The van der Waals surface area contributed by atoms with Crippen LogP contribution in [-0.4, -0.2) is 97.1 Å². The zero-order valence-corrected chi connectivity index (χ0v) is 26.9. The summed E-state index contributed by atoms with van der Waals surface area (Å²) in [5.41, 5.74) is 3.94. The molecular weight excluding hydrogens is 634 g/mol. The monoisotopic (exact) mass is 671 g/mol. The number of nitrogens with one attached hydrogen (secondary N) is 1. The van der Waals surface area contributed by atoms with E-state index in [0.29, 0.717) is 0 Å². The number of carboxylic acid groups (broad SMARTS) is 1. The van der Waals surface area contributed by atoms with Gasteiger partial charge < -0.3 is 43.6 Å². The highest BCUT2D eigenvalue weighted by molar-refractivity contribution is 5.81. The summed E-state index contributed by atoms with van der Waals surface area (Å²) < 4.78 is 38.3. The van der Waals surface area contributed by atoms with Crippen LogP contribution in [0.2, 0.25) is 0 Å². The van der Waals surface area contributed by atoms with Crippen LogP contribution in [0.4, 0.5) is 4.79 Å². The van der Waals surface area contributed by atoms with Crippen LogP contribution in [0.1, 0.15) is 51.7 Å². The summed E-state index contributed by atoms with van der Waals surface area (Å²) in [6.07, 6.45) is -9.95. The summed E-state index contributed by atoms with van der Waals surface area (Å²) in [5.74, 6) is -5.03. The van der Waals surface area contributed by atoms with Gasteiger partial charge in [-0.25, -0.2) is 9.59 Å². The van der Waals surface area contributed by atoms with Crippen molar-refractivity contribution in [1.82, 2.24) is 5.32 Å². The Bertz CT molecular complexity index is 1500. The number of ether oxygens (including phenoxy) is 7. The van der Waals surface area contributed by atoms with Gasteiger partial charge in [-0.05, 0) is 29.2 Å². The molecule has 0 spiro atoms. The van der Waals surface area contributed by atoms with Gasteiger partial charge in [0, 0.05) is 33.6 Å². The number of amides is 1. The van der Waals surface area contributed by atoms with Crippen LogP contribution in [0.15, 0.2) is 48.5 Å². The van der Waals surface area contributed by atoms with Crippen molar-refractivity contribution in [2.75, 3.05) is 13.2 Å². The van der Waals surface area contributed by atoms with E-state index in [2.05, 4.69) is 5.32 Å². The van der Waals surface area contributed by atoms with Crippen LogP contribution >= 0.6 is 0 Å². The molecule has 1 aliphatic heterocycles. The van der Waals surface area contributed by atoms with E-state index in [0.717, 1.165) is 49.9 Å². The van der Waals surface area contributed by atoms with Crippen molar-refractivity contribution >= 4 is 35.9 Å². The van der Waals surface area contributed by atoms with Crippen molar-refractivity contribution in [2.45, 2.75) is 83.4 Å². The molecule has 258 valence electrons. The van der Waals surface area contributed by atoms with E-state index >= 15 is 0 Å². The van der Waals surface area contributed by atoms with Gasteiger partial charge in [-0.1, -0.05) is 48.5 Å². The second-order valence-corrected chi connectivity index (χ2v) is 11.2. The predicted molar refractivity (Wildman–Crippen MR) is 162 cm³/mol. The molecule has 48 heavy (non-hydrogen) atoms. The number of aliphatic carboxylic acids is 1. The Kier molecular flexibility index (Phi) is 11.7. The Hall–Kier alpha value is -5.02. The van der Waals surface area contributed by atoms with E-state index in [1.54, 1.807) is 0 Å². The molecule has 1 amide bonds. The van der Waals surface area contributed by atoms with E-state index in [1.807, 2.05) is 48.5 Å². The maximum atomic E-state index is 13.0. The van der Waals surface area contributed by atoms with Gasteiger partial charge in [0.1, 0.15) is 19.3 Å². The quantitative estimate of drug-likeness (QED) is 0.246. The molecule has 4 rings (SSSR count). The van der Waals surface area contributed by atoms with Gasteiger partial charge in [0.2, 0.25) is 0 Å². The number of carbonyl (C=O) groups excluding carboxylic acids is 5. The third-order valence-corrected chi connectivity index (χ3v) is 7.65. The van der Waals surface area contributed by atoms with E-state index in [4.69, 9.17) is 33.2 Å². The average molecular weight is 672 g/mol. The van der Waals surface area contributed by atoms with E-state index in [-0.39, 0.29) is 12.5 Å². The molecule has 1 fully saturated rings. The molecule has 2 aliphatic rings. The standard InChI is InChI=1S/C33H37NO14/c1-16(27(31(39)40)34-33(41)43-14-25-23-12-8-6-10-21(23)22-11-7-9-13-24(22)25)44-32-30(47-20(5)38)29(46-19(4)37)28(45-18(3)36)26(48-32)15-42-17(2)35/h6-13,16,25-30,32H,14-15H2,1-5H3,(H,34,41)(H,39,40)/t16-,26-,27-,28+,29+,30+,32-/m0/s1. The first kappa shape index (κ1) is 35.8. The first-order chi connectivity index (χ1) is 22.8. The van der Waals surface area contributed by atoms with Crippen molar-refractivity contribution < 1.29 is 67.0 Å². The van der Waals surface area contributed by atoms with Crippen molar-refractivity contribution in [3.8, 4) is 11.1 Å². The molecule has 1 saturated heterocycles. The zero-order chi connectivity index (χ0) is 35.1. The molecule has 0 saturated carbocycles. The fourth-order valence-electron chi connectivity index (χ4n) is 5.74. The number of alkyl carbamates (subject to hydrolysis) is 1. The molecule has 15 heteroatoms. The lowest BCUT2D eigenvalue weighted by Crippen LogP contribution is -2.64. The minimum atomic E-state index is -1.72. The Morgan fingerprint density at radius 1 is 0.729 bits per heavy atom. The van der Waals surface area contributed by atoms with Gasteiger partial charge >= 0.3 is 35.9 Å². The largest absolute Gasteiger partial charge is 0.480 e. The topological polar surface area (TPSA) is 199 Å². The normalized spacial score (nSPS) is 22.6. The highest BCUT2D eigenvalue weighted by Gasteiger charge is 2.53. The molecule has 1 heterocycles. The van der Waals surface area contributed by atoms with Crippen LogP contribution in [0, 0.1) is 0 Å². The molecule has 2 N–H and O–H groups in total. The van der Waals surface area contributed by atoms with E-state index < -0.39 is 85.4 Å². The molecule has 0 bridgehead atoms. The minimum absolute atomic E-state index is 0.0822. The first-order valence-electron chi connectivity index (χ1n) is 15.1. The maximum absolute atomic E-state index is 13.0. The number of rotatable bonds is 12. The molecule has 2 aromatic carbocycles. The third kappa shape index (κ3) is 8.66. The Labute approximate surface area is 275 Å². The van der Waals surface area contributed by atoms with Crippen LogP contribution in [-0.2, 0) is 57.1 Å². The molecule has 0 radical (unpaired) electrons. The lowest BCUT2D eigenvalue weighted by Gasteiger charge is -2.44. The molecular formula is C33H37NO14. The lowest BCUT2D eigenvalue weighted by molar-refractivity contribution is -0.316. The third-order valence-electron chi connectivity index (χ3n) is 7.65. The summed E-state index contributed by atoms with van der Waals surface area (Å²) in [6, 6.07) is 13.7. The van der Waals surface area contributed by atoms with Gasteiger partial charge in [0.05, 0.1) is 6.10 Å². The van der Waals surface area contributed by atoms with Gasteiger partial charge in [-0.2, -0.15) is 0 Å². The number of hydrogen-bond acceptors (Lipinski definition) is 13. The van der Waals surface area contributed by atoms with Gasteiger partial charge in [-0.15, -0.1) is 0 Å². The van der Waals surface area contributed by atoms with Crippen LogP contribution < -0.4 is 5.32 Å². The number of fused-ring (bicyclic) bond motifs is 3. The highest BCUT2D eigenvalue weighted by atomic mass is 16.7. The SMILES string of the molecule is CC(=O)OC[C@@H]1O[C@H](O[C@@H](C)[C@H](NC(=O)OCC2c3ccccc3-c3ccccc32)C(=O)O)[C@H](OC(C)=O)[C@H](OC(C)=O)[C@@H]1OC(C)=O. The number of carboxylic acids is 1. The van der Waals surface area contributed by atoms with Gasteiger partial charge in [0.25, 0.3) is 0 Å². The molecule has 0 aromatic heterocycles. The predicted octanol–water partition coefficient (Wildman–Crippen LogP) is 2.47. The Balaban J connectivity index is 1.52. The fraction of sp³-hybridized carbons (Fsp3) is 0.455. The minimum Gasteiger partial charge on any atom is -0.480 e. The molecule has 0 unspecified atom stereocenters. The van der Waals surface area contributed by atoms with Crippen molar-refractivity contribution in [3.05, 3.63) is 59.7 Å². The summed E-state index contributed by atoms with van der Waals surface area (Å²) in [5, 5.41) is 12.3. The van der Waals surface area contributed by atoms with E-state index in [9.17, 15) is 33.9 Å². The fourth-order valence-corrected chi connectivity index (χ4v) is 5.74. The number of hydrogen-bond donors (Lipinski definition) is 2. The Morgan fingerprint density at radius 3 is 1.77 bits per heavy atom. The van der Waals surface area contributed by atoms with Crippen molar-refractivity contribution in [2.24, 2.45) is 0 Å². The van der Waals surface area contributed by atoms with Crippen molar-refractivity contribution in [1.29, 1.82) is 0 Å². The molecule has 15 nitrogen and oxygen atoms in total. The molecule has 7 atom stereocenters. The lowest BCUT2D eigenvalue weighted by atomic mass is 9.98. The second kappa shape index (κ2) is 15.7. The maximum Gasteiger partial charge on any atom is 0.407 e. The first-order valence-corrected chi connectivity index (χ1v) is 15.1. The number of esters is 4. The van der Waals surface area contributed by atoms with Gasteiger partial charge in [-0.3, -0.25) is 19.2 Å². The van der Waals surface area contributed by atoms with Crippen molar-refractivity contribution in [3.63, 3.8) is 0 Å². The average Bonchev–Trinajstić information content (AvgIpc) is 3.33. The Morgan fingerprint density at radius 2 is 1.25 bits per heavy atom. The summed E-state index contributed by atoms with van der Waals surface area (Å²) in [6.45, 7) is 5.02. The van der Waals surface area contributed by atoms with Crippen LogP contribution in [0.5, 0.6) is 0 Å². The second-order valence-electron chi connectivity index (χ2n) is 11.2. The summed E-state index contributed by atoms with van der Waals surface area (Å²) in [7, 11) is 0.